The molecule has 1 aromatic heterocycles. The van der Waals surface area contributed by atoms with Gasteiger partial charge in [0.05, 0.1) is 10.5 Å². The van der Waals surface area contributed by atoms with E-state index >= 15 is 0 Å². The molecule has 3 aromatic rings. The summed E-state index contributed by atoms with van der Waals surface area (Å²) in [7, 11) is -3.96. The van der Waals surface area contributed by atoms with Crippen LogP contribution in [0.2, 0.25) is 0 Å². The average molecular weight is 481 g/mol. The Hall–Kier alpha value is -2.89. The molecule has 4 rings (SSSR count). The Labute approximate surface area is 188 Å². The van der Waals surface area contributed by atoms with Gasteiger partial charge in [-0.3, -0.25) is 4.79 Å². The van der Waals surface area contributed by atoms with E-state index in [0.29, 0.717) is 29.5 Å². The third-order valence-corrected chi connectivity index (χ3v) is 7.89. The summed E-state index contributed by atoms with van der Waals surface area (Å²) in [6.07, 6.45) is 2.04. The molecular weight excluding hydrogens is 459 g/mol. The smallest absolute Gasteiger partial charge is 0.256 e. The third kappa shape index (κ3) is 4.35. The molecule has 1 aliphatic rings. The number of aromatic amines is 1. The lowest BCUT2D eigenvalue weighted by atomic mass is 9.89. The molecule has 7 nitrogen and oxygen atoms in total. The fourth-order valence-corrected chi connectivity index (χ4v) is 5.71. The van der Waals surface area contributed by atoms with Crippen LogP contribution in [0.3, 0.4) is 0 Å². The number of anilines is 1. The number of benzene rings is 2. The van der Waals surface area contributed by atoms with Crippen LogP contribution >= 0.6 is 0 Å². The van der Waals surface area contributed by atoms with Crippen LogP contribution in [0.5, 0.6) is 0 Å². The quantitative estimate of drug-likeness (QED) is 0.486. The van der Waals surface area contributed by atoms with Crippen molar-refractivity contribution in [3.63, 3.8) is 0 Å². The zero-order valence-electron chi connectivity index (χ0n) is 17.6. The molecule has 0 bridgehead atoms. The van der Waals surface area contributed by atoms with Gasteiger partial charge >= 0.3 is 0 Å². The first-order chi connectivity index (χ1) is 15.6. The lowest BCUT2D eigenvalue weighted by Gasteiger charge is -2.35. The molecule has 33 heavy (non-hydrogen) atoms. The number of aromatic nitrogens is 1. The van der Waals surface area contributed by atoms with Crippen LogP contribution in [0.15, 0.2) is 41.4 Å². The molecule has 3 N–H and O–H groups in total. The van der Waals surface area contributed by atoms with Gasteiger partial charge in [0.1, 0.15) is 0 Å². The van der Waals surface area contributed by atoms with Gasteiger partial charge in [-0.25, -0.2) is 21.6 Å². The second kappa shape index (κ2) is 8.81. The number of aliphatic hydroxyl groups is 1. The standard InChI is InChI=1S/C22H22F3N3O4S/c1-12-10-28(5-3-13(12)11-29)33(31,32)15-8-17(16-2-4-26-20(16)9-15)22(30)27-14-6-18(23)21(25)19(24)7-14/h2,4,6-9,12-13,26,29H,3,5,10-11H2,1H3,(H,27,30). The maximum Gasteiger partial charge on any atom is 0.256 e. The fraction of sp³-hybridized carbons (Fsp3) is 0.318. The lowest BCUT2D eigenvalue weighted by Crippen LogP contribution is -2.43. The SMILES string of the molecule is CC1CN(S(=O)(=O)c2cc(C(=O)Nc3cc(F)c(F)c(F)c3)c3cc[nH]c3c2)CCC1CO. The number of fused-ring (bicyclic) bond motifs is 1. The van der Waals surface area contributed by atoms with E-state index in [9.17, 15) is 31.5 Å². The van der Waals surface area contributed by atoms with Crippen molar-refractivity contribution in [3.05, 3.63) is 59.5 Å². The van der Waals surface area contributed by atoms with Gasteiger partial charge in [0.2, 0.25) is 10.0 Å². The van der Waals surface area contributed by atoms with Crippen LogP contribution in [0.4, 0.5) is 18.9 Å². The summed E-state index contributed by atoms with van der Waals surface area (Å²) in [4.78, 5) is 15.7. The molecule has 0 saturated carbocycles. The van der Waals surface area contributed by atoms with Crippen LogP contribution in [0.1, 0.15) is 23.7 Å². The predicted molar refractivity (Wildman–Crippen MR) is 116 cm³/mol. The van der Waals surface area contributed by atoms with Crippen molar-refractivity contribution in [1.82, 2.24) is 9.29 Å². The number of piperidine rings is 1. The van der Waals surface area contributed by atoms with E-state index in [2.05, 4.69) is 10.3 Å². The topological polar surface area (TPSA) is 103 Å². The number of nitrogens with one attached hydrogen (secondary N) is 2. The average Bonchev–Trinajstić information content (AvgIpc) is 3.25. The number of nitrogens with zero attached hydrogens (tertiary/aromatic N) is 1. The number of amides is 1. The van der Waals surface area contributed by atoms with Crippen molar-refractivity contribution in [2.75, 3.05) is 25.0 Å². The highest BCUT2D eigenvalue weighted by molar-refractivity contribution is 7.89. The van der Waals surface area contributed by atoms with Gasteiger partial charge in [0.15, 0.2) is 17.5 Å². The van der Waals surface area contributed by atoms with Gasteiger partial charge in [0.25, 0.3) is 5.91 Å². The van der Waals surface area contributed by atoms with Crippen molar-refractivity contribution in [2.45, 2.75) is 18.2 Å². The Morgan fingerprint density at radius 1 is 1.21 bits per heavy atom. The van der Waals surface area contributed by atoms with Gasteiger partial charge < -0.3 is 15.4 Å². The first-order valence-corrected chi connectivity index (χ1v) is 11.7. The van der Waals surface area contributed by atoms with E-state index in [0.717, 1.165) is 0 Å². The van der Waals surface area contributed by atoms with Crippen LogP contribution in [-0.2, 0) is 10.0 Å². The van der Waals surface area contributed by atoms with Crippen LogP contribution < -0.4 is 5.32 Å². The molecule has 176 valence electrons. The molecule has 11 heteroatoms. The number of hydrogen-bond donors (Lipinski definition) is 3. The summed E-state index contributed by atoms with van der Waals surface area (Å²) in [5.74, 6) is -5.43. The van der Waals surface area contributed by atoms with E-state index in [-0.39, 0.29) is 47.7 Å². The van der Waals surface area contributed by atoms with Crippen molar-refractivity contribution in [3.8, 4) is 0 Å². The Balaban J connectivity index is 1.69. The number of carbonyl (C=O) groups is 1. The van der Waals surface area contributed by atoms with Gasteiger partial charge in [-0.05, 0) is 36.5 Å². The van der Waals surface area contributed by atoms with Crippen molar-refractivity contribution < 1.29 is 31.5 Å². The first-order valence-electron chi connectivity index (χ1n) is 10.3. The highest BCUT2D eigenvalue weighted by atomic mass is 32.2. The zero-order chi connectivity index (χ0) is 23.9. The van der Waals surface area contributed by atoms with Crippen molar-refractivity contribution >= 4 is 32.5 Å². The number of hydrogen-bond acceptors (Lipinski definition) is 4. The number of sulfonamides is 1. The molecule has 1 saturated heterocycles. The Morgan fingerprint density at radius 3 is 2.55 bits per heavy atom. The molecule has 0 aliphatic carbocycles. The summed E-state index contributed by atoms with van der Waals surface area (Å²) >= 11 is 0. The normalized spacial score (nSPS) is 19.7. The minimum atomic E-state index is -3.96. The van der Waals surface area contributed by atoms with Gasteiger partial charge in [-0.2, -0.15) is 4.31 Å². The number of H-pyrrole nitrogens is 1. The van der Waals surface area contributed by atoms with E-state index in [1.54, 1.807) is 6.07 Å². The van der Waals surface area contributed by atoms with E-state index < -0.39 is 33.4 Å². The largest absolute Gasteiger partial charge is 0.396 e. The van der Waals surface area contributed by atoms with Crippen LogP contribution in [0, 0.1) is 29.3 Å². The molecule has 1 fully saturated rings. The van der Waals surface area contributed by atoms with Crippen molar-refractivity contribution in [2.24, 2.45) is 11.8 Å². The van der Waals surface area contributed by atoms with Gasteiger partial charge in [0, 0.05) is 54.6 Å². The molecule has 2 aromatic carbocycles. The van der Waals surface area contributed by atoms with E-state index in [1.165, 1.54) is 22.6 Å². The minimum absolute atomic E-state index is 0.0141. The molecule has 2 unspecified atom stereocenters. The van der Waals surface area contributed by atoms with E-state index in [1.807, 2.05) is 6.92 Å². The number of rotatable bonds is 5. The fourth-order valence-electron chi connectivity index (χ4n) is 4.10. The molecule has 2 heterocycles. The third-order valence-electron chi connectivity index (χ3n) is 6.05. The molecular formula is C22H22F3N3O4S. The Kier molecular flexibility index (Phi) is 6.21. The summed E-state index contributed by atoms with van der Waals surface area (Å²) in [6.45, 7) is 2.32. The lowest BCUT2D eigenvalue weighted by molar-refractivity contribution is 0.102. The molecule has 0 radical (unpaired) electrons. The highest BCUT2D eigenvalue weighted by Gasteiger charge is 2.34. The summed E-state index contributed by atoms with van der Waals surface area (Å²) < 4.78 is 68.3. The second-order valence-electron chi connectivity index (χ2n) is 8.19. The predicted octanol–water partition coefficient (Wildman–Crippen LogP) is 3.48. The minimum Gasteiger partial charge on any atom is -0.396 e. The molecule has 1 aliphatic heterocycles. The number of carbonyl (C=O) groups excluding carboxylic acids is 1. The first kappa shape index (κ1) is 23.3. The summed E-state index contributed by atoms with van der Waals surface area (Å²) in [6, 6.07) is 5.47. The van der Waals surface area contributed by atoms with E-state index in [4.69, 9.17) is 0 Å². The number of aliphatic hydroxyl groups excluding tert-OH is 1. The second-order valence-corrected chi connectivity index (χ2v) is 10.1. The van der Waals surface area contributed by atoms with Crippen molar-refractivity contribution in [1.29, 1.82) is 0 Å². The molecule has 1 amide bonds. The summed E-state index contributed by atoms with van der Waals surface area (Å²) in [5, 5.41) is 12.1. The molecule has 0 spiro atoms. The van der Waals surface area contributed by atoms with Crippen LogP contribution in [0.25, 0.3) is 10.9 Å². The maximum absolute atomic E-state index is 13.5. The van der Waals surface area contributed by atoms with Crippen LogP contribution in [-0.4, -0.2) is 48.4 Å². The van der Waals surface area contributed by atoms with Gasteiger partial charge in [-0.1, -0.05) is 6.92 Å². The molecule has 2 atom stereocenters. The number of halogens is 3. The highest BCUT2D eigenvalue weighted by Crippen LogP contribution is 2.30. The zero-order valence-corrected chi connectivity index (χ0v) is 18.4. The summed E-state index contributed by atoms with van der Waals surface area (Å²) in [5.41, 5.74) is 0.0417. The Bertz CT molecular complexity index is 1300. The van der Waals surface area contributed by atoms with Gasteiger partial charge in [-0.15, -0.1) is 0 Å². The monoisotopic (exact) mass is 481 g/mol. The Morgan fingerprint density at radius 2 is 1.91 bits per heavy atom. The maximum atomic E-state index is 13.5.